The number of carbonyl (C=O) groups is 1. The number of amides is 1. The molecule has 0 radical (unpaired) electrons. The van der Waals surface area contributed by atoms with E-state index < -0.39 is 0 Å². The van der Waals surface area contributed by atoms with E-state index in [2.05, 4.69) is 20.7 Å². The summed E-state index contributed by atoms with van der Waals surface area (Å²) in [6, 6.07) is 5.27. The smallest absolute Gasteiger partial charge is 0.270 e. The normalized spacial score (nSPS) is 10.2. The molecule has 0 bridgehead atoms. The Kier molecular flexibility index (Phi) is 4.09. The van der Waals surface area contributed by atoms with Gasteiger partial charge in [-0.05, 0) is 25.1 Å². The van der Waals surface area contributed by atoms with Crippen LogP contribution in [-0.4, -0.2) is 22.4 Å². The van der Waals surface area contributed by atoms with Gasteiger partial charge in [-0.2, -0.15) is 0 Å². The minimum absolute atomic E-state index is 0.219. The van der Waals surface area contributed by atoms with Crippen LogP contribution in [-0.2, 0) is 6.42 Å². The van der Waals surface area contributed by atoms with Crippen LogP contribution in [0.15, 0.2) is 28.9 Å². The highest BCUT2D eigenvalue weighted by atomic mass is 16.3. The molecule has 0 spiro atoms. The van der Waals surface area contributed by atoms with Crippen molar-refractivity contribution < 1.29 is 9.21 Å². The van der Waals surface area contributed by atoms with E-state index in [9.17, 15) is 4.79 Å². The molecule has 0 aliphatic rings. The Morgan fingerprint density at radius 3 is 3.00 bits per heavy atom. The Bertz CT molecular complexity index is 553. The van der Waals surface area contributed by atoms with Crippen LogP contribution in [0, 0.1) is 6.92 Å². The molecule has 0 aliphatic heterocycles. The molecule has 2 aromatic heterocycles. The van der Waals surface area contributed by atoms with Gasteiger partial charge in [0.15, 0.2) is 0 Å². The van der Waals surface area contributed by atoms with Crippen LogP contribution < -0.4 is 16.6 Å². The molecule has 19 heavy (non-hydrogen) atoms. The molecule has 0 aliphatic carbocycles. The molecule has 0 atom stereocenters. The fourth-order valence-corrected chi connectivity index (χ4v) is 1.59. The molecule has 2 rings (SSSR count). The maximum absolute atomic E-state index is 11.9. The zero-order valence-electron chi connectivity index (χ0n) is 10.5. The lowest BCUT2D eigenvalue weighted by Crippen LogP contribution is -2.27. The van der Waals surface area contributed by atoms with E-state index in [0.717, 1.165) is 5.76 Å². The Labute approximate surface area is 110 Å². The summed E-state index contributed by atoms with van der Waals surface area (Å²) in [5.41, 5.74) is 3.27. The number of aryl methyl sites for hydroxylation is 1. The van der Waals surface area contributed by atoms with Gasteiger partial charge in [-0.3, -0.25) is 10.2 Å². The number of nitrogen functional groups attached to an aromatic ring is 1. The predicted molar refractivity (Wildman–Crippen MR) is 69.3 cm³/mol. The van der Waals surface area contributed by atoms with Crippen molar-refractivity contribution >= 4 is 11.9 Å². The number of nitrogens with one attached hydrogen (secondary N) is 2. The van der Waals surface area contributed by atoms with Gasteiger partial charge in [-0.25, -0.2) is 15.8 Å². The summed E-state index contributed by atoms with van der Waals surface area (Å²) >= 11 is 0. The molecule has 2 aromatic rings. The van der Waals surface area contributed by atoms with E-state index in [1.807, 2.05) is 12.1 Å². The number of hydrogen-bond acceptors (Lipinski definition) is 6. The van der Waals surface area contributed by atoms with Gasteiger partial charge in [-0.1, -0.05) is 0 Å². The Hall–Kier alpha value is -2.41. The second-order valence-electron chi connectivity index (χ2n) is 3.95. The fraction of sp³-hybridized carbons (Fsp3) is 0.250. The second-order valence-corrected chi connectivity index (χ2v) is 3.95. The molecule has 0 saturated heterocycles. The number of nitrogens with zero attached hydrogens (tertiary/aromatic N) is 2. The first-order valence-corrected chi connectivity index (χ1v) is 5.82. The van der Waals surface area contributed by atoms with Crippen molar-refractivity contribution in [1.82, 2.24) is 15.3 Å². The van der Waals surface area contributed by atoms with Gasteiger partial charge in [0.05, 0.1) is 6.26 Å². The lowest BCUT2D eigenvalue weighted by atomic mass is 10.3. The third-order valence-corrected chi connectivity index (χ3v) is 2.45. The number of furan rings is 1. The summed E-state index contributed by atoms with van der Waals surface area (Å²) < 4.78 is 5.17. The summed E-state index contributed by atoms with van der Waals surface area (Å²) in [7, 11) is 0. The maximum Gasteiger partial charge on any atom is 0.270 e. The van der Waals surface area contributed by atoms with Gasteiger partial charge in [0.1, 0.15) is 11.5 Å². The second kappa shape index (κ2) is 5.96. The van der Waals surface area contributed by atoms with Crippen molar-refractivity contribution in [2.24, 2.45) is 5.84 Å². The van der Waals surface area contributed by atoms with Crippen LogP contribution >= 0.6 is 0 Å². The first kappa shape index (κ1) is 13.0. The fourth-order valence-electron chi connectivity index (χ4n) is 1.59. The standard InChI is InChI=1S/C12H15N5O2/c1-8-7-10(16-12(15-8)17-13)11(18)14-5-4-9-3-2-6-19-9/h2-3,6-7H,4-5,13H2,1H3,(H,14,18)(H,15,16,17). The average Bonchev–Trinajstić information content (AvgIpc) is 2.91. The number of hydrazine groups is 1. The molecule has 0 aromatic carbocycles. The van der Waals surface area contributed by atoms with Crippen LogP contribution in [0.1, 0.15) is 21.9 Å². The highest BCUT2D eigenvalue weighted by Gasteiger charge is 2.09. The summed E-state index contributed by atoms with van der Waals surface area (Å²) in [6.07, 6.45) is 2.23. The van der Waals surface area contributed by atoms with Crippen molar-refractivity contribution in [3.8, 4) is 0 Å². The number of anilines is 1. The molecule has 1 amide bonds. The third-order valence-electron chi connectivity index (χ3n) is 2.45. The first-order valence-electron chi connectivity index (χ1n) is 5.82. The van der Waals surface area contributed by atoms with E-state index >= 15 is 0 Å². The maximum atomic E-state index is 11.9. The molecular weight excluding hydrogens is 246 g/mol. The highest BCUT2D eigenvalue weighted by molar-refractivity contribution is 5.92. The van der Waals surface area contributed by atoms with E-state index in [1.165, 1.54) is 0 Å². The number of aromatic nitrogens is 2. The zero-order chi connectivity index (χ0) is 13.7. The molecule has 7 nitrogen and oxygen atoms in total. The van der Waals surface area contributed by atoms with Gasteiger partial charge in [-0.15, -0.1) is 0 Å². The predicted octanol–water partition coefficient (Wildman–Crippen LogP) is 0.636. The van der Waals surface area contributed by atoms with Crippen molar-refractivity contribution in [3.63, 3.8) is 0 Å². The number of rotatable bonds is 5. The molecule has 2 heterocycles. The Morgan fingerprint density at radius 2 is 2.32 bits per heavy atom. The van der Waals surface area contributed by atoms with Crippen molar-refractivity contribution in [3.05, 3.63) is 41.6 Å². The SMILES string of the molecule is Cc1cc(C(=O)NCCc2ccco2)nc(NN)n1. The summed E-state index contributed by atoms with van der Waals surface area (Å²) in [5, 5.41) is 2.76. The lowest BCUT2D eigenvalue weighted by Gasteiger charge is -2.06. The molecule has 7 heteroatoms. The van der Waals surface area contributed by atoms with E-state index in [-0.39, 0.29) is 17.5 Å². The van der Waals surface area contributed by atoms with E-state index in [4.69, 9.17) is 10.3 Å². The average molecular weight is 261 g/mol. The summed E-state index contributed by atoms with van der Waals surface area (Å²) in [6.45, 7) is 2.24. The first-order chi connectivity index (χ1) is 9.19. The van der Waals surface area contributed by atoms with Crippen LogP contribution in [0.5, 0.6) is 0 Å². The monoisotopic (exact) mass is 261 g/mol. The summed E-state index contributed by atoms with van der Waals surface area (Å²) in [5.74, 6) is 6.00. The number of carbonyl (C=O) groups excluding carboxylic acids is 1. The molecule has 4 N–H and O–H groups in total. The molecule has 100 valence electrons. The molecule has 0 unspecified atom stereocenters. The minimum Gasteiger partial charge on any atom is -0.469 e. The van der Waals surface area contributed by atoms with Gasteiger partial charge >= 0.3 is 0 Å². The largest absolute Gasteiger partial charge is 0.469 e. The van der Waals surface area contributed by atoms with Crippen LogP contribution in [0.25, 0.3) is 0 Å². The lowest BCUT2D eigenvalue weighted by molar-refractivity contribution is 0.0948. The van der Waals surface area contributed by atoms with Crippen molar-refractivity contribution in [2.75, 3.05) is 12.0 Å². The number of nitrogens with two attached hydrogens (primary N) is 1. The van der Waals surface area contributed by atoms with Crippen molar-refractivity contribution in [2.45, 2.75) is 13.3 Å². The van der Waals surface area contributed by atoms with Crippen LogP contribution in [0.4, 0.5) is 5.95 Å². The summed E-state index contributed by atoms with van der Waals surface area (Å²) in [4.78, 5) is 19.9. The highest BCUT2D eigenvalue weighted by Crippen LogP contribution is 2.04. The number of hydrogen-bond donors (Lipinski definition) is 3. The van der Waals surface area contributed by atoms with E-state index in [1.54, 1.807) is 19.3 Å². The zero-order valence-corrected chi connectivity index (χ0v) is 10.5. The molecule has 0 fully saturated rings. The van der Waals surface area contributed by atoms with Gasteiger partial charge < -0.3 is 9.73 Å². The quantitative estimate of drug-likeness (QED) is 0.538. The van der Waals surface area contributed by atoms with Gasteiger partial charge in [0.25, 0.3) is 5.91 Å². The van der Waals surface area contributed by atoms with E-state index in [0.29, 0.717) is 18.7 Å². The van der Waals surface area contributed by atoms with Crippen LogP contribution in [0.3, 0.4) is 0 Å². The third kappa shape index (κ3) is 3.52. The minimum atomic E-state index is -0.270. The topological polar surface area (TPSA) is 106 Å². The van der Waals surface area contributed by atoms with Gasteiger partial charge in [0, 0.05) is 18.7 Å². The Morgan fingerprint density at radius 1 is 1.47 bits per heavy atom. The molecule has 0 saturated carbocycles. The van der Waals surface area contributed by atoms with Gasteiger partial charge in [0.2, 0.25) is 5.95 Å². The Balaban J connectivity index is 1.94. The molecular formula is C12H15N5O2. The van der Waals surface area contributed by atoms with Crippen molar-refractivity contribution in [1.29, 1.82) is 0 Å². The van der Waals surface area contributed by atoms with Crippen LogP contribution in [0.2, 0.25) is 0 Å².